The smallest absolute Gasteiger partial charge is 0.191 e. The second-order valence-electron chi connectivity index (χ2n) is 2.84. The van der Waals surface area contributed by atoms with E-state index >= 15 is 0 Å². The Kier molecular flexibility index (Phi) is 4.27. The molecule has 0 bridgehead atoms. The first-order valence-corrected chi connectivity index (χ1v) is 4.68. The first-order chi connectivity index (χ1) is 7.97. The molecule has 0 fully saturated rings. The fraction of sp³-hybridized carbons (Fsp3) is 0.111. The fourth-order valence-electron chi connectivity index (χ4n) is 1.05. The Morgan fingerprint density at radius 1 is 1.47 bits per heavy atom. The zero-order valence-corrected chi connectivity index (χ0v) is 9.45. The minimum atomic E-state index is -1.20. The van der Waals surface area contributed by atoms with E-state index in [4.69, 9.17) is 5.73 Å². The molecule has 0 radical (unpaired) electrons. The average Bonchev–Trinajstić information content (AvgIpc) is 2.22. The fourth-order valence-corrected chi connectivity index (χ4v) is 1.11. The highest BCUT2D eigenvalue weighted by molar-refractivity contribution is 7.80. The third kappa shape index (κ3) is 3.06. The largest absolute Gasteiger partial charge is 0.491 e. The van der Waals surface area contributed by atoms with Crippen LogP contribution in [0.5, 0.6) is 5.75 Å². The van der Waals surface area contributed by atoms with Crippen LogP contribution in [0.15, 0.2) is 11.2 Å². The zero-order valence-electron chi connectivity index (χ0n) is 8.63. The molecule has 4 nitrogen and oxygen atoms in total. The number of nitrogens with zero attached hydrogens (tertiary/aromatic N) is 1. The molecule has 0 aliphatic rings. The van der Waals surface area contributed by atoms with Crippen LogP contribution in [0.1, 0.15) is 5.56 Å². The molecule has 0 aliphatic carbocycles. The molecule has 92 valence electrons. The molecule has 1 aromatic carbocycles. The predicted octanol–water partition coefficient (Wildman–Crippen LogP) is 1.28. The molecule has 0 spiro atoms. The molecule has 0 saturated heterocycles. The first kappa shape index (κ1) is 13.2. The van der Waals surface area contributed by atoms with E-state index < -0.39 is 28.8 Å². The minimum Gasteiger partial charge on any atom is -0.491 e. The Morgan fingerprint density at radius 3 is 2.65 bits per heavy atom. The quantitative estimate of drug-likeness (QED) is 0.490. The van der Waals surface area contributed by atoms with E-state index in [9.17, 15) is 13.2 Å². The molecule has 0 aromatic heterocycles. The molecule has 0 aliphatic heterocycles. The van der Waals surface area contributed by atoms with Gasteiger partial charge in [-0.1, -0.05) is 0 Å². The number of hydrazone groups is 1. The minimum absolute atomic E-state index is 0.170. The molecule has 0 saturated carbocycles. The van der Waals surface area contributed by atoms with Crippen molar-refractivity contribution in [1.82, 2.24) is 5.43 Å². The van der Waals surface area contributed by atoms with Gasteiger partial charge in [0.1, 0.15) is 5.82 Å². The van der Waals surface area contributed by atoms with Crippen molar-refractivity contribution in [3.63, 3.8) is 0 Å². The SMILES string of the molecule is COc1c(F)cc(F)c(C=NNC(N)=S)c1F. The molecule has 0 amide bonds. The van der Waals surface area contributed by atoms with E-state index in [1.807, 2.05) is 0 Å². The summed E-state index contributed by atoms with van der Waals surface area (Å²) in [6, 6.07) is 0.490. The van der Waals surface area contributed by atoms with Crippen LogP contribution in [-0.4, -0.2) is 18.4 Å². The summed E-state index contributed by atoms with van der Waals surface area (Å²) in [5, 5.41) is 3.20. The predicted molar refractivity (Wildman–Crippen MR) is 60.4 cm³/mol. The molecule has 0 atom stereocenters. The van der Waals surface area contributed by atoms with Gasteiger partial charge in [-0.3, -0.25) is 5.43 Å². The van der Waals surface area contributed by atoms with Gasteiger partial charge in [-0.15, -0.1) is 0 Å². The monoisotopic (exact) mass is 263 g/mol. The maximum absolute atomic E-state index is 13.5. The van der Waals surface area contributed by atoms with Crippen LogP contribution >= 0.6 is 12.2 Å². The molecular formula is C9H8F3N3OS. The normalized spacial score (nSPS) is 10.6. The van der Waals surface area contributed by atoms with Crippen LogP contribution in [-0.2, 0) is 0 Å². The van der Waals surface area contributed by atoms with Crippen LogP contribution < -0.4 is 15.9 Å². The number of benzene rings is 1. The van der Waals surface area contributed by atoms with Crippen molar-refractivity contribution < 1.29 is 17.9 Å². The summed E-state index contributed by atoms with van der Waals surface area (Å²) in [6.45, 7) is 0. The summed E-state index contributed by atoms with van der Waals surface area (Å²) in [7, 11) is 1.06. The Hall–Kier alpha value is -1.83. The summed E-state index contributed by atoms with van der Waals surface area (Å²) in [5.41, 5.74) is 6.60. The summed E-state index contributed by atoms with van der Waals surface area (Å²) >= 11 is 4.43. The Labute approximate surface area is 100 Å². The lowest BCUT2D eigenvalue weighted by atomic mass is 10.2. The number of methoxy groups -OCH3 is 1. The topological polar surface area (TPSA) is 59.6 Å². The van der Waals surface area contributed by atoms with Crippen LogP contribution in [0.2, 0.25) is 0 Å². The van der Waals surface area contributed by atoms with Crippen LogP contribution in [0.25, 0.3) is 0 Å². The van der Waals surface area contributed by atoms with E-state index in [0.717, 1.165) is 13.3 Å². The highest BCUT2D eigenvalue weighted by Gasteiger charge is 2.18. The third-order valence-corrected chi connectivity index (χ3v) is 1.83. The summed E-state index contributed by atoms with van der Waals surface area (Å²) in [5.74, 6) is -4.14. The number of nitrogens with two attached hydrogens (primary N) is 1. The van der Waals surface area contributed by atoms with Crippen molar-refractivity contribution in [1.29, 1.82) is 0 Å². The Balaban J connectivity index is 3.15. The highest BCUT2D eigenvalue weighted by atomic mass is 32.1. The molecule has 0 heterocycles. The van der Waals surface area contributed by atoms with Gasteiger partial charge in [0.05, 0.1) is 18.9 Å². The highest BCUT2D eigenvalue weighted by Crippen LogP contribution is 2.25. The van der Waals surface area contributed by atoms with Gasteiger partial charge in [0.2, 0.25) is 0 Å². The van der Waals surface area contributed by atoms with Crippen molar-refractivity contribution in [3.05, 3.63) is 29.1 Å². The maximum Gasteiger partial charge on any atom is 0.191 e. The summed E-state index contributed by atoms with van der Waals surface area (Å²) < 4.78 is 44.3. The number of hydrogen-bond acceptors (Lipinski definition) is 3. The number of nitrogens with one attached hydrogen (secondary N) is 1. The van der Waals surface area contributed by atoms with Gasteiger partial charge in [-0.25, -0.2) is 13.2 Å². The van der Waals surface area contributed by atoms with E-state index in [1.54, 1.807) is 0 Å². The summed E-state index contributed by atoms with van der Waals surface area (Å²) in [6.07, 6.45) is 0.784. The van der Waals surface area contributed by atoms with Gasteiger partial charge in [0, 0.05) is 6.07 Å². The van der Waals surface area contributed by atoms with E-state index in [-0.39, 0.29) is 5.11 Å². The lowest BCUT2D eigenvalue weighted by Gasteiger charge is -2.06. The second-order valence-corrected chi connectivity index (χ2v) is 3.28. The van der Waals surface area contributed by atoms with Gasteiger partial charge in [-0.2, -0.15) is 5.10 Å². The molecule has 0 unspecified atom stereocenters. The molecule has 1 rings (SSSR count). The van der Waals surface area contributed by atoms with E-state index in [2.05, 4.69) is 27.5 Å². The van der Waals surface area contributed by atoms with Gasteiger partial charge < -0.3 is 10.5 Å². The number of rotatable bonds is 3. The molecule has 1 aromatic rings. The molecular weight excluding hydrogens is 255 g/mol. The first-order valence-electron chi connectivity index (χ1n) is 4.27. The van der Waals surface area contributed by atoms with E-state index in [1.165, 1.54) is 0 Å². The van der Waals surface area contributed by atoms with Crippen molar-refractivity contribution in [2.24, 2.45) is 10.8 Å². The molecule has 17 heavy (non-hydrogen) atoms. The van der Waals surface area contributed by atoms with Gasteiger partial charge in [0.15, 0.2) is 22.5 Å². The van der Waals surface area contributed by atoms with Crippen molar-refractivity contribution in [2.75, 3.05) is 7.11 Å². The van der Waals surface area contributed by atoms with Crippen LogP contribution in [0, 0.1) is 17.5 Å². The summed E-state index contributed by atoms with van der Waals surface area (Å²) in [4.78, 5) is 0. The van der Waals surface area contributed by atoms with Crippen LogP contribution in [0.3, 0.4) is 0 Å². The Bertz CT molecular complexity index is 479. The number of halogens is 3. The standard InChI is InChI=1S/C9H8F3N3OS/c1-16-8-6(11)2-5(10)4(7(8)12)3-14-15-9(13)17/h2-3H,1H3,(H3,13,15,17). The number of hydrogen-bond donors (Lipinski definition) is 2. The van der Waals surface area contributed by atoms with Crippen molar-refractivity contribution in [3.8, 4) is 5.75 Å². The van der Waals surface area contributed by atoms with Crippen LogP contribution in [0.4, 0.5) is 13.2 Å². The van der Waals surface area contributed by atoms with Gasteiger partial charge >= 0.3 is 0 Å². The van der Waals surface area contributed by atoms with E-state index in [0.29, 0.717) is 6.07 Å². The van der Waals surface area contributed by atoms with Gasteiger partial charge in [0.25, 0.3) is 0 Å². The van der Waals surface area contributed by atoms with Crippen molar-refractivity contribution >= 4 is 23.5 Å². The zero-order chi connectivity index (χ0) is 13.0. The third-order valence-electron chi connectivity index (χ3n) is 1.74. The van der Waals surface area contributed by atoms with Crippen molar-refractivity contribution in [2.45, 2.75) is 0 Å². The lowest BCUT2D eigenvalue weighted by molar-refractivity contribution is 0.355. The number of thiocarbonyl (C=S) groups is 1. The maximum atomic E-state index is 13.5. The molecule has 3 N–H and O–H groups in total. The average molecular weight is 263 g/mol. The molecule has 8 heteroatoms. The number of ether oxygens (including phenoxy) is 1. The van der Waals surface area contributed by atoms with Gasteiger partial charge in [-0.05, 0) is 12.2 Å². The lowest BCUT2D eigenvalue weighted by Crippen LogP contribution is -2.24. The second kappa shape index (κ2) is 5.48. The Morgan fingerprint density at radius 2 is 2.12 bits per heavy atom.